The summed E-state index contributed by atoms with van der Waals surface area (Å²) in [6.45, 7) is 6.80. The monoisotopic (exact) mass is 292 g/mol. The van der Waals surface area contributed by atoms with Crippen LogP contribution in [0.5, 0.6) is 0 Å². The molecule has 21 heavy (non-hydrogen) atoms. The van der Waals surface area contributed by atoms with Crippen molar-refractivity contribution in [3.63, 3.8) is 0 Å². The number of benzene rings is 1. The number of amides is 1. The van der Waals surface area contributed by atoms with Crippen molar-refractivity contribution in [2.75, 3.05) is 19.6 Å². The van der Waals surface area contributed by atoms with E-state index in [0.717, 1.165) is 6.42 Å². The second-order valence-corrected chi connectivity index (χ2v) is 5.27. The van der Waals surface area contributed by atoms with Gasteiger partial charge in [-0.05, 0) is 25.8 Å². The highest BCUT2D eigenvalue weighted by Gasteiger charge is 2.19. The van der Waals surface area contributed by atoms with Crippen molar-refractivity contribution in [3.8, 4) is 0 Å². The van der Waals surface area contributed by atoms with Gasteiger partial charge in [-0.15, -0.1) is 0 Å². The second kappa shape index (κ2) is 8.42. The second-order valence-electron chi connectivity index (χ2n) is 5.27. The average Bonchev–Trinajstić information content (AvgIpc) is 2.43. The third kappa shape index (κ3) is 6.40. The zero-order chi connectivity index (χ0) is 15.8. The van der Waals surface area contributed by atoms with Gasteiger partial charge in [0.25, 0.3) is 0 Å². The van der Waals surface area contributed by atoms with Gasteiger partial charge in [0, 0.05) is 26.6 Å². The summed E-state index contributed by atoms with van der Waals surface area (Å²) in [4.78, 5) is 23.9. The van der Waals surface area contributed by atoms with Crippen LogP contribution in [0.15, 0.2) is 24.3 Å². The maximum Gasteiger partial charge on any atom is 0.320 e. The molecule has 0 aliphatic rings. The fraction of sp³-hybridized carbons (Fsp3) is 0.500. The van der Waals surface area contributed by atoms with Crippen LogP contribution >= 0.6 is 0 Å². The summed E-state index contributed by atoms with van der Waals surface area (Å²) < 4.78 is 0. The molecule has 116 valence electrons. The minimum Gasteiger partial charge on any atom is -0.480 e. The molecule has 1 aromatic rings. The number of carbonyl (C=O) groups is 2. The summed E-state index contributed by atoms with van der Waals surface area (Å²) in [5.41, 5.74) is 2.39. The minimum atomic E-state index is -0.846. The Morgan fingerprint density at radius 2 is 1.86 bits per heavy atom. The fourth-order valence-electron chi connectivity index (χ4n) is 2.06. The summed E-state index contributed by atoms with van der Waals surface area (Å²) >= 11 is 0. The number of rotatable bonds is 8. The Morgan fingerprint density at radius 1 is 1.24 bits per heavy atom. The molecule has 0 aliphatic carbocycles. The standard InChI is InChI=1S/C16H24N2O3/c1-12-4-6-15(7-5-12)8-10-18(13(2)16(20)21)11-9-17-14(3)19/h4-7,13H,8-11H2,1-3H3,(H,17,19)(H,20,21). The zero-order valence-corrected chi connectivity index (χ0v) is 12.9. The first-order valence-electron chi connectivity index (χ1n) is 7.17. The summed E-state index contributed by atoms with van der Waals surface area (Å²) in [5, 5.41) is 11.9. The highest BCUT2D eigenvalue weighted by Crippen LogP contribution is 2.07. The molecule has 1 aromatic carbocycles. The van der Waals surface area contributed by atoms with E-state index in [1.807, 2.05) is 11.8 Å². The van der Waals surface area contributed by atoms with Gasteiger partial charge in [0.15, 0.2) is 0 Å². The van der Waals surface area contributed by atoms with E-state index in [4.69, 9.17) is 5.11 Å². The van der Waals surface area contributed by atoms with Crippen molar-refractivity contribution in [3.05, 3.63) is 35.4 Å². The fourth-order valence-corrected chi connectivity index (χ4v) is 2.06. The van der Waals surface area contributed by atoms with Crippen LogP contribution in [0.4, 0.5) is 0 Å². The number of aryl methyl sites for hydroxylation is 1. The van der Waals surface area contributed by atoms with Crippen molar-refractivity contribution in [1.82, 2.24) is 10.2 Å². The minimum absolute atomic E-state index is 0.100. The van der Waals surface area contributed by atoms with Crippen molar-refractivity contribution in [1.29, 1.82) is 0 Å². The zero-order valence-electron chi connectivity index (χ0n) is 12.9. The van der Waals surface area contributed by atoms with E-state index in [9.17, 15) is 9.59 Å². The third-order valence-electron chi connectivity index (χ3n) is 3.49. The summed E-state index contributed by atoms with van der Waals surface area (Å²) in [6.07, 6.45) is 0.790. The first kappa shape index (κ1) is 17.2. The van der Waals surface area contributed by atoms with E-state index < -0.39 is 12.0 Å². The molecule has 0 bridgehead atoms. The van der Waals surface area contributed by atoms with Crippen LogP contribution in [0, 0.1) is 6.92 Å². The first-order chi connectivity index (χ1) is 9.90. The number of nitrogens with zero attached hydrogens (tertiary/aromatic N) is 1. The molecule has 0 saturated heterocycles. The topological polar surface area (TPSA) is 69.6 Å². The van der Waals surface area contributed by atoms with E-state index in [0.29, 0.717) is 19.6 Å². The largest absolute Gasteiger partial charge is 0.480 e. The van der Waals surface area contributed by atoms with Gasteiger partial charge >= 0.3 is 5.97 Å². The lowest BCUT2D eigenvalue weighted by Gasteiger charge is -2.26. The first-order valence-corrected chi connectivity index (χ1v) is 7.17. The van der Waals surface area contributed by atoms with Crippen LogP contribution in [0.2, 0.25) is 0 Å². The Kier molecular flexibility index (Phi) is 6.88. The van der Waals surface area contributed by atoms with Crippen LogP contribution in [0.25, 0.3) is 0 Å². The molecule has 0 saturated carbocycles. The predicted octanol–water partition coefficient (Wildman–Crippen LogP) is 1.45. The molecule has 0 spiro atoms. The Bertz CT molecular complexity index is 471. The number of aliphatic carboxylic acids is 1. The van der Waals surface area contributed by atoms with E-state index in [1.165, 1.54) is 18.1 Å². The number of hydrogen-bond donors (Lipinski definition) is 2. The number of hydrogen-bond acceptors (Lipinski definition) is 3. The van der Waals surface area contributed by atoms with Crippen molar-refractivity contribution in [2.24, 2.45) is 0 Å². The van der Waals surface area contributed by atoms with Gasteiger partial charge in [0.05, 0.1) is 0 Å². The third-order valence-corrected chi connectivity index (χ3v) is 3.49. The smallest absolute Gasteiger partial charge is 0.320 e. The predicted molar refractivity (Wildman–Crippen MR) is 82.2 cm³/mol. The number of carbonyl (C=O) groups excluding carboxylic acids is 1. The normalized spacial score (nSPS) is 12.2. The van der Waals surface area contributed by atoms with Crippen LogP contribution in [0.1, 0.15) is 25.0 Å². The molecule has 0 fully saturated rings. The van der Waals surface area contributed by atoms with Crippen LogP contribution in [0.3, 0.4) is 0 Å². The molecule has 0 heterocycles. The van der Waals surface area contributed by atoms with Gasteiger partial charge in [-0.2, -0.15) is 0 Å². The van der Waals surface area contributed by atoms with Gasteiger partial charge in [0.1, 0.15) is 6.04 Å². The molecule has 5 nitrogen and oxygen atoms in total. The van der Waals surface area contributed by atoms with Crippen LogP contribution in [-0.4, -0.2) is 47.6 Å². The van der Waals surface area contributed by atoms with Gasteiger partial charge in [-0.25, -0.2) is 0 Å². The Labute approximate surface area is 126 Å². The molecular weight excluding hydrogens is 268 g/mol. The van der Waals surface area contributed by atoms with Crippen molar-refractivity contribution >= 4 is 11.9 Å². The summed E-state index contributed by atoms with van der Waals surface area (Å²) in [5.74, 6) is -0.946. The number of carboxylic acids is 1. The van der Waals surface area contributed by atoms with Gasteiger partial charge in [-0.3, -0.25) is 14.5 Å². The Morgan fingerprint density at radius 3 is 2.38 bits per heavy atom. The number of carboxylic acid groups (broad SMARTS) is 1. The molecule has 0 aromatic heterocycles. The lowest BCUT2D eigenvalue weighted by Crippen LogP contribution is -2.44. The van der Waals surface area contributed by atoms with Crippen LogP contribution < -0.4 is 5.32 Å². The quantitative estimate of drug-likeness (QED) is 0.761. The van der Waals surface area contributed by atoms with Crippen molar-refractivity contribution in [2.45, 2.75) is 33.2 Å². The van der Waals surface area contributed by atoms with E-state index in [1.54, 1.807) is 6.92 Å². The average molecular weight is 292 g/mol. The van der Waals surface area contributed by atoms with Gasteiger partial charge in [-0.1, -0.05) is 29.8 Å². The molecule has 1 atom stereocenters. The molecular formula is C16H24N2O3. The maximum absolute atomic E-state index is 11.2. The van der Waals surface area contributed by atoms with Crippen LogP contribution in [-0.2, 0) is 16.0 Å². The Hall–Kier alpha value is -1.88. The van der Waals surface area contributed by atoms with Crippen molar-refractivity contribution < 1.29 is 14.7 Å². The summed E-state index contributed by atoms with van der Waals surface area (Å²) in [6, 6.07) is 7.67. The summed E-state index contributed by atoms with van der Waals surface area (Å²) in [7, 11) is 0. The highest BCUT2D eigenvalue weighted by atomic mass is 16.4. The molecule has 1 rings (SSSR count). The molecule has 0 aliphatic heterocycles. The highest BCUT2D eigenvalue weighted by molar-refractivity contribution is 5.73. The number of nitrogens with one attached hydrogen (secondary N) is 1. The molecule has 5 heteroatoms. The SMILES string of the molecule is CC(=O)NCCN(CCc1ccc(C)cc1)C(C)C(=O)O. The van der Waals surface area contributed by atoms with Gasteiger partial charge in [0.2, 0.25) is 5.91 Å². The maximum atomic E-state index is 11.2. The molecule has 0 radical (unpaired) electrons. The lowest BCUT2D eigenvalue weighted by molar-refractivity contribution is -0.142. The molecule has 2 N–H and O–H groups in total. The van der Waals surface area contributed by atoms with Gasteiger partial charge < -0.3 is 10.4 Å². The van der Waals surface area contributed by atoms with E-state index in [-0.39, 0.29) is 5.91 Å². The lowest BCUT2D eigenvalue weighted by atomic mass is 10.1. The molecule has 1 amide bonds. The molecule has 1 unspecified atom stereocenters. The van der Waals surface area contributed by atoms with E-state index in [2.05, 4.69) is 29.6 Å². The van der Waals surface area contributed by atoms with E-state index >= 15 is 0 Å². The Balaban J connectivity index is 2.57.